The lowest BCUT2D eigenvalue weighted by Gasteiger charge is -2.07. The Hall–Kier alpha value is -4.04. The molecule has 5 rings (SSSR count). The molecule has 3 heterocycles. The van der Waals surface area contributed by atoms with Crippen LogP contribution in [-0.4, -0.2) is 45.3 Å². The van der Waals surface area contributed by atoms with E-state index >= 15 is 0 Å². The maximum atomic E-state index is 11.5. The van der Waals surface area contributed by atoms with Crippen molar-refractivity contribution in [1.29, 1.82) is 0 Å². The van der Waals surface area contributed by atoms with Crippen molar-refractivity contribution >= 4 is 22.1 Å². The average molecular weight is 427 g/mol. The number of fused-ring (bicyclic) bond motifs is 2. The number of H-pyrrole nitrogens is 1. The molecule has 0 amide bonds. The maximum absolute atomic E-state index is 11.5. The number of benzene rings is 2. The molecule has 160 valence electrons. The zero-order valence-electron chi connectivity index (χ0n) is 17.5. The molecule has 5 aromatic rings. The zero-order chi connectivity index (χ0) is 21.9. The predicted molar refractivity (Wildman–Crippen MR) is 122 cm³/mol. The lowest BCUT2D eigenvalue weighted by Crippen LogP contribution is -2.05. The van der Waals surface area contributed by atoms with Gasteiger partial charge >= 0.3 is 0 Å². The first-order chi connectivity index (χ1) is 15.7. The van der Waals surface area contributed by atoms with Gasteiger partial charge in [-0.3, -0.25) is 4.79 Å². The lowest BCUT2D eigenvalue weighted by atomic mass is 10.1. The van der Waals surface area contributed by atoms with E-state index in [0.29, 0.717) is 25.4 Å². The molecule has 0 radical (unpaired) electrons. The molecule has 32 heavy (non-hydrogen) atoms. The van der Waals surface area contributed by atoms with E-state index in [-0.39, 0.29) is 5.56 Å². The van der Waals surface area contributed by atoms with Crippen LogP contribution in [0.25, 0.3) is 33.3 Å². The molecule has 8 heteroatoms. The van der Waals surface area contributed by atoms with Gasteiger partial charge in [0.2, 0.25) is 5.56 Å². The molecule has 0 saturated heterocycles. The van der Waals surface area contributed by atoms with Crippen LogP contribution in [0.4, 0.5) is 0 Å². The summed E-state index contributed by atoms with van der Waals surface area (Å²) in [5, 5.41) is 9.51. The molecule has 3 aromatic heterocycles. The van der Waals surface area contributed by atoms with E-state index in [1.54, 1.807) is 11.8 Å². The topological polar surface area (TPSA) is 94.9 Å². The third kappa shape index (κ3) is 4.08. The zero-order valence-corrected chi connectivity index (χ0v) is 17.5. The third-order valence-electron chi connectivity index (χ3n) is 5.19. The van der Waals surface area contributed by atoms with Gasteiger partial charge < -0.3 is 14.5 Å². The van der Waals surface area contributed by atoms with Crippen molar-refractivity contribution < 1.29 is 9.47 Å². The molecule has 0 aliphatic heterocycles. The highest BCUT2D eigenvalue weighted by Gasteiger charge is 2.10. The number of hydrogen-bond acceptors (Lipinski definition) is 6. The summed E-state index contributed by atoms with van der Waals surface area (Å²) in [6.45, 7) is 1.58. The second-order valence-electron chi connectivity index (χ2n) is 7.40. The smallest absolute Gasteiger partial charge is 0.248 e. The Morgan fingerprint density at radius 1 is 0.969 bits per heavy atom. The number of pyridine rings is 2. The van der Waals surface area contributed by atoms with Gasteiger partial charge in [-0.1, -0.05) is 11.3 Å². The van der Waals surface area contributed by atoms with Crippen LogP contribution < -0.4 is 10.3 Å². The van der Waals surface area contributed by atoms with E-state index in [0.717, 1.165) is 39.0 Å². The molecule has 0 spiro atoms. The van der Waals surface area contributed by atoms with E-state index in [1.807, 2.05) is 60.7 Å². The van der Waals surface area contributed by atoms with Gasteiger partial charge in [0, 0.05) is 24.3 Å². The number of nitrogens with zero attached hydrogens (tertiary/aromatic N) is 4. The van der Waals surface area contributed by atoms with Crippen LogP contribution in [0.3, 0.4) is 0 Å². The van der Waals surface area contributed by atoms with Crippen LogP contribution in [0.1, 0.15) is 5.56 Å². The molecule has 0 bridgehead atoms. The molecule has 1 N–H and O–H groups in total. The van der Waals surface area contributed by atoms with Crippen LogP contribution in [0.5, 0.6) is 5.75 Å². The number of rotatable bonds is 7. The summed E-state index contributed by atoms with van der Waals surface area (Å²) in [5.41, 5.74) is 5.00. The van der Waals surface area contributed by atoms with Crippen LogP contribution in [0, 0.1) is 0 Å². The Balaban J connectivity index is 1.41. The monoisotopic (exact) mass is 427 g/mol. The Morgan fingerprint density at radius 3 is 2.69 bits per heavy atom. The minimum Gasteiger partial charge on any atom is -0.491 e. The van der Waals surface area contributed by atoms with Crippen LogP contribution in [0.2, 0.25) is 0 Å². The number of aromatic nitrogens is 5. The molecular formula is C24H21N5O3. The second kappa shape index (κ2) is 8.60. The largest absolute Gasteiger partial charge is 0.491 e. The first-order valence-electron chi connectivity index (χ1n) is 10.2. The highest BCUT2D eigenvalue weighted by atomic mass is 16.5. The molecule has 0 atom stereocenters. The molecule has 0 aliphatic rings. The summed E-state index contributed by atoms with van der Waals surface area (Å²) in [6.07, 6.45) is 0. The fourth-order valence-corrected chi connectivity index (χ4v) is 3.56. The fourth-order valence-electron chi connectivity index (χ4n) is 3.56. The Kier molecular flexibility index (Phi) is 5.35. The number of hydrogen-bond donors (Lipinski definition) is 1. The normalized spacial score (nSPS) is 11.3. The molecule has 8 nitrogen and oxygen atoms in total. The second-order valence-corrected chi connectivity index (χ2v) is 7.40. The van der Waals surface area contributed by atoms with Crippen LogP contribution in [-0.2, 0) is 11.3 Å². The number of aromatic amines is 1. The van der Waals surface area contributed by atoms with Crippen molar-refractivity contribution in [2.75, 3.05) is 20.3 Å². The van der Waals surface area contributed by atoms with Gasteiger partial charge in [-0.25, -0.2) is 9.67 Å². The molecule has 0 aliphatic carbocycles. The van der Waals surface area contributed by atoms with Gasteiger partial charge in [0.1, 0.15) is 17.9 Å². The fraction of sp³-hybridized carbons (Fsp3) is 0.167. The van der Waals surface area contributed by atoms with Crippen LogP contribution >= 0.6 is 0 Å². The van der Waals surface area contributed by atoms with Gasteiger partial charge in [0.05, 0.1) is 18.8 Å². The first kappa shape index (κ1) is 19.9. The Bertz CT molecular complexity index is 1440. The van der Waals surface area contributed by atoms with Crippen molar-refractivity contribution in [2.24, 2.45) is 0 Å². The van der Waals surface area contributed by atoms with E-state index in [4.69, 9.17) is 14.5 Å². The quantitative estimate of drug-likeness (QED) is 0.400. The molecule has 0 unspecified atom stereocenters. The van der Waals surface area contributed by atoms with Crippen molar-refractivity contribution in [2.45, 2.75) is 6.54 Å². The third-order valence-corrected chi connectivity index (χ3v) is 5.19. The summed E-state index contributed by atoms with van der Waals surface area (Å²) in [7, 11) is 1.65. The van der Waals surface area contributed by atoms with Gasteiger partial charge in [-0.05, 0) is 65.5 Å². The van der Waals surface area contributed by atoms with E-state index in [2.05, 4.69) is 15.3 Å². The van der Waals surface area contributed by atoms with Crippen molar-refractivity contribution in [3.8, 4) is 17.0 Å². The predicted octanol–water partition coefficient (Wildman–Crippen LogP) is 3.41. The van der Waals surface area contributed by atoms with Gasteiger partial charge in [0.15, 0.2) is 5.65 Å². The molecule has 2 aromatic carbocycles. The average Bonchev–Trinajstić information content (AvgIpc) is 3.22. The summed E-state index contributed by atoms with van der Waals surface area (Å²) in [6, 6.07) is 20.9. The molecule has 0 saturated carbocycles. The number of ether oxygens (including phenoxy) is 2. The molecule has 0 fully saturated rings. The van der Waals surface area contributed by atoms with E-state index in [1.165, 1.54) is 6.07 Å². The summed E-state index contributed by atoms with van der Waals surface area (Å²) < 4.78 is 12.4. The highest BCUT2D eigenvalue weighted by Crippen LogP contribution is 2.23. The van der Waals surface area contributed by atoms with E-state index in [9.17, 15) is 4.79 Å². The SMILES string of the molecule is COCCOc1ccc(-c2ccc3nnn(Cc4ccc5[nH]c(=O)ccc5c4)c3n2)cc1. The number of methoxy groups -OCH3 is 1. The van der Waals surface area contributed by atoms with Crippen LogP contribution in [0.15, 0.2) is 71.5 Å². The minimum atomic E-state index is -0.112. The summed E-state index contributed by atoms with van der Waals surface area (Å²) >= 11 is 0. The summed E-state index contributed by atoms with van der Waals surface area (Å²) in [5.74, 6) is 0.788. The van der Waals surface area contributed by atoms with Crippen molar-refractivity contribution in [3.05, 3.63) is 82.6 Å². The maximum Gasteiger partial charge on any atom is 0.248 e. The Labute approximate surface area is 183 Å². The Morgan fingerprint density at radius 2 is 1.84 bits per heavy atom. The van der Waals surface area contributed by atoms with Gasteiger partial charge in [-0.15, -0.1) is 5.10 Å². The van der Waals surface area contributed by atoms with Crippen molar-refractivity contribution in [3.63, 3.8) is 0 Å². The van der Waals surface area contributed by atoms with Gasteiger partial charge in [-0.2, -0.15) is 0 Å². The summed E-state index contributed by atoms with van der Waals surface area (Å²) in [4.78, 5) is 19.1. The first-order valence-corrected chi connectivity index (χ1v) is 10.2. The standard InChI is InChI=1S/C24H21N5O3/c1-31-12-13-32-19-6-3-17(4-7-19)20-9-10-22-24(26-20)29(28-27-22)15-16-2-8-21-18(14-16)5-11-23(30)25-21/h2-11,14H,12-13,15H2,1H3,(H,25,30). The lowest BCUT2D eigenvalue weighted by molar-refractivity contribution is 0.146. The molecular weight excluding hydrogens is 406 g/mol. The van der Waals surface area contributed by atoms with Crippen molar-refractivity contribution in [1.82, 2.24) is 25.0 Å². The van der Waals surface area contributed by atoms with E-state index < -0.39 is 0 Å². The van der Waals surface area contributed by atoms with Gasteiger partial charge in [0.25, 0.3) is 0 Å². The highest BCUT2D eigenvalue weighted by molar-refractivity contribution is 5.79. The number of nitrogens with one attached hydrogen (secondary N) is 1. The minimum absolute atomic E-state index is 0.112.